The zero-order chi connectivity index (χ0) is 20.5. The summed E-state index contributed by atoms with van der Waals surface area (Å²) >= 11 is 3.41. The normalized spacial score (nSPS) is 18.8. The molecule has 0 spiro atoms. The zero-order valence-corrected chi connectivity index (χ0v) is 17.2. The SMILES string of the molecule is COc1ccc(OC)c(C(=O)CN2C(=O)NC(C)(c3ccccc3Br)C2=O)c1. The van der Waals surface area contributed by atoms with Crippen LogP contribution in [-0.4, -0.2) is 43.4 Å². The van der Waals surface area contributed by atoms with Gasteiger partial charge in [-0.1, -0.05) is 34.1 Å². The number of ether oxygens (including phenoxy) is 2. The molecule has 1 aliphatic heterocycles. The molecule has 2 aromatic carbocycles. The number of nitrogens with zero attached hydrogens (tertiary/aromatic N) is 1. The number of carbonyl (C=O) groups excluding carboxylic acids is 3. The molecule has 0 aliphatic carbocycles. The van der Waals surface area contributed by atoms with Crippen molar-refractivity contribution in [3.8, 4) is 11.5 Å². The molecule has 1 saturated heterocycles. The van der Waals surface area contributed by atoms with Crippen LogP contribution in [0.5, 0.6) is 11.5 Å². The Morgan fingerprint density at radius 2 is 1.86 bits per heavy atom. The molecule has 0 bridgehead atoms. The molecule has 1 fully saturated rings. The number of imide groups is 1. The smallest absolute Gasteiger partial charge is 0.325 e. The molecule has 1 unspecified atom stereocenters. The highest BCUT2D eigenvalue weighted by Crippen LogP contribution is 2.34. The van der Waals surface area contributed by atoms with E-state index in [-0.39, 0.29) is 5.56 Å². The number of carbonyl (C=O) groups is 3. The summed E-state index contributed by atoms with van der Waals surface area (Å²) in [5, 5.41) is 2.69. The minimum Gasteiger partial charge on any atom is -0.497 e. The molecule has 3 amide bonds. The van der Waals surface area contributed by atoms with Gasteiger partial charge in [-0.25, -0.2) is 4.79 Å². The summed E-state index contributed by atoms with van der Waals surface area (Å²) in [6.45, 7) is 1.21. The summed E-state index contributed by atoms with van der Waals surface area (Å²) in [6, 6.07) is 11.3. The van der Waals surface area contributed by atoms with E-state index in [1.165, 1.54) is 20.3 Å². The van der Waals surface area contributed by atoms with Gasteiger partial charge in [0.05, 0.1) is 26.3 Å². The monoisotopic (exact) mass is 446 g/mol. The second kappa shape index (κ2) is 7.63. The van der Waals surface area contributed by atoms with Crippen LogP contribution in [-0.2, 0) is 10.3 Å². The van der Waals surface area contributed by atoms with Crippen LogP contribution in [0.2, 0.25) is 0 Å². The number of rotatable bonds is 6. The molecule has 0 radical (unpaired) electrons. The van der Waals surface area contributed by atoms with E-state index in [2.05, 4.69) is 21.2 Å². The lowest BCUT2D eigenvalue weighted by Gasteiger charge is -2.23. The summed E-state index contributed by atoms with van der Waals surface area (Å²) in [5.74, 6) is -0.124. The molecule has 1 aliphatic rings. The Kier molecular flexibility index (Phi) is 5.42. The molecule has 7 nitrogen and oxygen atoms in total. The number of ketones is 1. The van der Waals surface area contributed by atoms with Crippen LogP contribution in [0.25, 0.3) is 0 Å². The van der Waals surface area contributed by atoms with Crippen molar-refractivity contribution in [1.29, 1.82) is 0 Å². The molecule has 28 heavy (non-hydrogen) atoms. The van der Waals surface area contributed by atoms with Gasteiger partial charge in [0.25, 0.3) is 5.91 Å². The topological polar surface area (TPSA) is 84.9 Å². The van der Waals surface area contributed by atoms with Crippen molar-refractivity contribution in [3.05, 3.63) is 58.1 Å². The maximum absolute atomic E-state index is 13.0. The van der Waals surface area contributed by atoms with Gasteiger partial charge >= 0.3 is 6.03 Å². The van der Waals surface area contributed by atoms with Gasteiger partial charge in [0.15, 0.2) is 5.78 Å². The number of Topliss-reactive ketones (excluding diaryl/α,β-unsaturated/α-hetero) is 1. The number of halogens is 1. The lowest BCUT2D eigenvalue weighted by Crippen LogP contribution is -2.41. The molecular formula is C20H19BrN2O5. The first kappa shape index (κ1) is 19.9. The van der Waals surface area contributed by atoms with Crippen LogP contribution in [0, 0.1) is 0 Å². The molecule has 8 heteroatoms. The summed E-state index contributed by atoms with van der Waals surface area (Å²) < 4.78 is 11.1. The van der Waals surface area contributed by atoms with Crippen LogP contribution in [0.15, 0.2) is 46.9 Å². The van der Waals surface area contributed by atoms with Crippen molar-refractivity contribution in [2.24, 2.45) is 0 Å². The fourth-order valence-corrected chi connectivity index (χ4v) is 3.83. The van der Waals surface area contributed by atoms with Crippen LogP contribution in [0.3, 0.4) is 0 Å². The highest BCUT2D eigenvalue weighted by atomic mass is 79.9. The molecule has 1 atom stereocenters. The van der Waals surface area contributed by atoms with Gasteiger partial charge < -0.3 is 14.8 Å². The van der Waals surface area contributed by atoms with E-state index in [0.717, 1.165) is 4.90 Å². The van der Waals surface area contributed by atoms with Crippen molar-refractivity contribution < 1.29 is 23.9 Å². The van der Waals surface area contributed by atoms with Crippen molar-refractivity contribution >= 4 is 33.7 Å². The summed E-state index contributed by atoms with van der Waals surface area (Å²) in [6.07, 6.45) is 0. The maximum atomic E-state index is 13.0. The average Bonchev–Trinajstić information content (AvgIpc) is 2.91. The third-order valence-electron chi connectivity index (χ3n) is 4.70. The van der Waals surface area contributed by atoms with E-state index < -0.39 is 29.8 Å². The minimum atomic E-state index is -1.27. The Morgan fingerprint density at radius 3 is 2.50 bits per heavy atom. The van der Waals surface area contributed by atoms with Crippen LogP contribution < -0.4 is 14.8 Å². The van der Waals surface area contributed by atoms with E-state index >= 15 is 0 Å². The molecule has 3 rings (SSSR count). The number of hydrogen-bond acceptors (Lipinski definition) is 5. The lowest BCUT2D eigenvalue weighted by atomic mass is 9.92. The van der Waals surface area contributed by atoms with E-state index in [9.17, 15) is 14.4 Å². The first-order chi connectivity index (χ1) is 13.3. The fourth-order valence-electron chi connectivity index (χ4n) is 3.15. The van der Waals surface area contributed by atoms with Gasteiger partial charge in [-0.2, -0.15) is 0 Å². The highest BCUT2D eigenvalue weighted by Gasteiger charge is 2.50. The minimum absolute atomic E-state index is 0.233. The molecule has 0 aromatic heterocycles. The van der Waals surface area contributed by atoms with Crippen molar-refractivity contribution in [2.75, 3.05) is 20.8 Å². The van der Waals surface area contributed by atoms with Crippen LogP contribution in [0.1, 0.15) is 22.8 Å². The summed E-state index contributed by atoms with van der Waals surface area (Å²) in [5.41, 5.74) is -0.421. The third-order valence-corrected chi connectivity index (χ3v) is 5.39. The second-order valence-electron chi connectivity index (χ2n) is 6.42. The highest BCUT2D eigenvalue weighted by molar-refractivity contribution is 9.10. The maximum Gasteiger partial charge on any atom is 0.325 e. The van der Waals surface area contributed by atoms with E-state index in [1.807, 2.05) is 6.07 Å². The number of hydrogen-bond donors (Lipinski definition) is 1. The molecule has 1 N–H and O–H groups in total. The van der Waals surface area contributed by atoms with E-state index in [0.29, 0.717) is 21.5 Å². The fraction of sp³-hybridized carbons (Fsp3) is 0.250. The quantitative estimate of drug-likeness (QED) is 0.544. The summed E-state index contributed by atoms with van der Waals surface area (Å²) in [7, 11) is 2.92. The summed E-state index contributed by atoms with van der Waals surface area (Å²) in [4.78, 5) is 39.3. The lowest BCUT2D eigenvalue weighted by molar-refractivity contribution is -0.130. The number of benzene rings is 2. The molecule has 146 valence electrons. The van der Waals surface area contributed by atoms with Gasteiger partial charge in [-0.3, -0.25) is 14.5 Å². The van der Waals surface area contributed by atoms with Gasteiger partial charge in [-0.15, -0.1) is 0 Å². The van der Waals surface area contributed by atoms with Gasteiger partial charge in [0, 0.05) is 10.0 Å². The van der Waals surface area contributed by atoms with Crippen molar-refractivity contribution in [3.63, 3.8) is 0 Å². The average molecular weight is 447 g/mol. The predicted molar refractivity (Wildman–Crippen MR) is 106 cm³/mol. The van der Waals surface area contributed by atoms with Gasteiger partial charge in [0.1, 0.15) is 17.0 Å². The number of amides is 3. The Hall–Kier alpha value is -2.87. The Bertz CT molecular complexity index is 961. The number of urea groups is 1. The van der Waals surface area contributed by atoms with Gasteiger partial charge in [-0.05, 0) is 31.2 Å². The molecule has 0 saturated carbocycles. The largest absolute Gasteiger partial charge is 0.497 e. The van der Waals surface area contributed by atoms with Crippen LogP contribution >= 0.6 is 15.9 Å². The standard InChI is InChI=1S/C20H19BrN2O5/c1-20(14-6-4-5-7-15(14)21)18(25)23(19(26)22-20)11-16(24)13-10-12(27-2)8-9-17(13)28-3/h4-10H,11H2,1-3H3,(H,22,26). The first-order valence-electron chi connectivity index (χ1n) is 8.46. The molecular weight excluding hydrogens is 428 g/mol. The number of nitrogens with one attached hydrogen (secondary N) is 1. The Labute approximate surface area is 170 Å². The van der Waals surface area contributed by atoms with E-state index in [4.69, 9.17) is 9.47 Å². The van der Waals surface area contributed by atoms with Crippen molar-refractivity contribution in [1.82, 2.24) is 10.2 Å². The zero-order valence-electron chi connectivity index (χ0n) is 15.6. The third kappa shape index (κ3) is 3.35. The van der Waals surface area contributed by atoms with Gasteiger partial charge in [0.2, 0.25) is 0 Å². The molecule has 2 aromatic rings. The van der Waals surface area contributed by atoms with Crippen LogP contribution in [0.4, 0.5) is 4.79 Å². The Balaban J connectivity index is 1.90. The van der Waals surface area contributed by atoms with E-state index in [1.54, 1.807) is 37.3 Å². The Morgan fingerprint density at radius 1 is 1.14 bits per heavy atom. The predicted octanol–water partition coefficient (Wildman–Crippen LogP) is 3.12. The second-order valence-corrected chi connectivity index (χ2v) is 7.27. The first-order valence-corrected chi connectivity index (χ1v) is 9.25. The van der Waals surface area contributed by atoms with Crippen molar-refractivity contribution in [2.45, 2.75) is 12.5 Å². The number of methoxy groups -OCH3 is 2. The molecule has 1 heterocycles.